The Morgan fingerprint density at radius 1 is 1.00 bits per heavy atom. The van der Waals surface area contributed by atoms with Gasteiger partial charge in [0, 0.05) is 10.2 Å². The predicted octanol–water partition coefficient (Wildman–Crippen LogP) is 4.31. The summed E-state index contributed by atoms with van der Waals surface area (Å²) in [5.74, 6) is -0.441. The first-order valence-corrected chi connectivity index (χ1v) is 8.54. The monoisotopic (exact) mass is 371 g/mol. The van der Waals surface area contributed by atoms with Gasteiger partial charge in [0.1, 0.15) is 5.82 Å². The third-order valence-electron chi connectivity index (χ3n) is 3.10. The van der Waals surface area contributed by atoms with Crippen molar-refractivity contribution in [1.82, 2.24) is 0 Å². The molecule has 0 aliphatic heterocycles. The van der Waals surface area contributed by atoms with Gasteiger partial charge in [0.05, 0.1) is 4.90 Å². The maximum atomic E-state index is 13.3. The molecule has 0 atom stereocenters. The summed E-state index contributed by atoms with van der Waals surface area (Å²) in [6, 6.07) is 7.61. The summed E-state index contributed by atoms with van der Waals surface area (Å²) >= 11 is 3.37. The van der Waals surface area contributed by atoms with E-state index in [0.29, 0.717) is 16.8 Å². The van der Waals surface area contributed by atoms with Gasteiger partial charge >= 0.3 is 0 Å². The lowest BCUT2D eigenvalue weighted by atomic mass is 10.1. The molecule has 2 aromatic rings. The number of sulfonamides is 1. The topological polar surface area (TPSA) is 46.2 Å². The summed E-state index contributed by atoms with van der Waals surface area (Å²) in [5, 5.41) is 0. The van der Waals surface area contributed by atoms with Crippen LogP contribution in [0, 0.1) is 26.6 Å². The third kappa shape index (κ3) is 3.44. The molecular weight excluding hydrogens is 357 g/mol. The van der Waals surface area contributed by atoms with E-state index in [1.54, 1.807) is 32.0 Å². The Bertz CT molecular complexity index is 780. The summed E-state index contributed by atoms with van der Waals surface area (Å²) in [6.07, 6.45) is 0. The van der Waals surface area contributed by atoms with E-state index in [1.807, 2.05) is 6.92 Å². The standard InChI is InChI=1S/C15H15BrFNO2S/c1-9-8-13(4-5-14(9)16)18-21(19,20)15-10(2)6-12(17)7-11(15)3/h4-8,18H,1-3H3. The Kier molecular flexibility index (Phi) is 4.39. The van der Waals surface area contributed by atoms with Crippen molar-refractivity contribution in [3.63, 3.8) is 0 Å². The van der Waals surface area contributed by atoms with Crippen LogP contribution in [0.4, 0.5) is 10.1 Å². The van der Waals surface area contributed by atoms with Crippen molar-refractivity contribution >= 4 is 31.6 Å². The Balaban J connectivity index is 2.46. The zero-order valence-corrected chi connectivity index (χ0v) is 14.3. The highest BCUT2D eigenvalue weighted by Gasteiger charge is 2.20. The first kappa shape index (κ1) is 16.0. The summed E-state index contributed by atoms with van der Waals surface area (Å²) < 4.78 is 41.7. The SMILES string of the molecule is Cc1cc(NS(=O)(=O)c2c(C)cc(F)cc2C)ccc1Br. The van der Waals surface area contributed by atoms with Crippen LogP contribution in [-0.4, -0.2) is 8.42 Å². The van der Waals surface area contributed by atoms with E-state index in [2.05, 4.69) is 20.7 Å². The number of rotatable bonds is 3. The van der Waals surface area contributed by atoms with E-state index in [0.717, 1.165) is 10.0 Å². The Morgan fingerprint density at radius 3 is 2.10 bits per heavy atom. The molecule has 0 saturated carbocycles. The van der Waals surface area contributed by atoms with E-state index in [4.69, 9.17) is 0 Å². The van der Waals surface area contributed by atoms with E-state index < -0.39 is 15.8 Å². The Hall–Kier alpha value is -1.40. The molecule has 0 amide bonds. The van der Waals surface area contributed by atoms with Crippen LogP contribution in [0.2, 0.25) is 0 Å². The summed E-state index contributed by atoms with van der Waals surface area (Å²) in [4.78, 5) is 0.115. The summed E-state index contributed by atoms with van der Waals surface area (Å²) in [7, 11) is -3.75. The minimum Gasteiger partial charge on any atom is -0.280 e. The molecule has 0 bridgehead atoms. The second-order valence-corrected chi connectivity index (χ2v) is 7.41. The fraction of sp³-hybridized carbons (Fsp3) is 0.200. The highest BCUT2D eigenvalue weighted by molar-refractivity contribution is 9.10. The van der Waals surface area contributed by atoms with Crippen molar-refractivity contribution in [2.45, 2.75) is 25.7 Å². The van der Waals surface area contributed by atoms with Crippen LogP contribution in [-0.2, 0) is 10.0 Å². The Morgan fingerprint density at radius 2 is 1.57 bits per heavy atom. The van der Waals surface area contributed by atoms with Gasteiger partial charge in [0.2, 0.25) is 0 Å². The molecule has 0 spiro atoms. The minimum absolute atomic E-state index is 0.115. The quantitative estimate of drug-likeness (QED) is 0.873. The molecular formula is C15H15BrFNO2S. The predicted molar refractivity (Wildman–Crippen MR) is 85.6 cm³/mol. The average Bonchev–Trinajstić information content (AvgIpc) is 2.31. The van der Waals surface area contributed by atoms with E-state index in [-0.39, 0.29) is 4.90 Å². The molecule has 0 radical (unpaired) electrons. The van der Waals surface area contributed by atoms with E-state index >= 15 is 0 Å². The van der Waals surface area contributed by atoms with Crippen LogP contribution in [0.25, 0.3) is 0 Å². The van der Waals surface area contributed by atoms with Gasteiger partial charge in [-0.05, 0) is 67.8 Å². The zero-order valence-electron chi connectivity index (χ0n) is 11.9. The van der Waals surface area contributed by atoms with Crippen LogP contribution in [0.15, 0.2) is 39.7 Å². The van der Waals surface area contributed by atoms with Gasteiger partial charge in [-0.25, -0.2) is 12.8 Å². The first-order chi connectivity index (χ1) is 9.70. The Labute approximate surface area is 132 Å². The van der Waals surface area contributed by atoms with E-state index in [1.165, 1.54) is 12.1 Å². The highest BCUT2D eigenvalue weighted by Crippen LogP contribution is 2.26. The van der Waals surface area contributed by atoms with Crippen LogP contribution in [0.5, 0.6) is 0 Å². The molecule has 0 aromatic heterocycles. The highest BCUT2D eigenvalue weighted by atomic mass is 79.9. The average molecular weight is 372 g/mol. The molecule has 6 heteroatoms. The van der Waals surface area contributed by atoms with Crippen molar-refractivity contribution in [3.8, 4) is 0 Å². The normalized spacial score (nSPS) is 11.5. The lowest BCUT2D eigenvalue weighted by molar-refractivity contribution is 0.597. The van der Waals surface area contributed by atoms with Gasteiger partial charge in [-0.3, -0.25) is 4.72 Å². The van der Waals surface area contributed by atoms with Gasteiger partial charge in [-0.2, -0.15) is 0 Å². The molecule has 0 aliphatic rings. The smallest absolute Gasteiger partial charge is 0.262 e. The molecule has 0 unspecified atom stereocenters. The number of anilines is 1. The van der Waals surface area contributed by atoms with E-state index in [9.17, 15) is 12.8 Å². The first-order valence-electron chi connectivity index (χ1n) is 6.26. The second-order valence-electron chi connectivity index (χ2n) is 4.94. The van der Waals surface area contributed by atoms with Gasteiger partial charge < -0.3 is 0 Å². The molecule has 2 aromatic carbocycles. The van der Waals surface area contributed by atoms with Gasteiger partial charge in [0.25, 0.3) is 10.0 Å². The molecule has 112 valence electrons. The minimum atomic E-state index is -3.75. The van der Waals surface area contributed by atoms with Crippen molar-refractivity contribution in [3.05, 3.63) is 57.3 Å². The molecule has 2 rings (SSSR count). The maximum absolute atomic E-state index is 13.3. The molecule has 0 fully saturated rings. The van der Waals surface area contributed by atoms with Gasteiger partial charge in [-0.1, -0.05) is 15.9 Å². The zero-order chi connectivity index (χ0) is 15.8. The van der Waals surface area contributed by atoms with Crippen LogP contribution < -0.4 is 4.72 Å². The second kappa shape index (κ2) is 5.77. The number of aryl methyl sites for hydroxylation is 3. The number of nitrogens with one attached hydrogen (secondary N) is 1. The third-order valence-corrected chi connectivity index (χ3v) is 5.68. The van der Waals surface area contributed by atoms with Crippen LogP contribution in [0.1, 0.15) is 16.7 Å². The van der Waals surface area contributed by atoms with Crippen LogP contribution in [0.3, 0.4) is 0 Å². The van der Waals surface area contributed by atoms with Crippen molar-refractivity contribution in [2.24, 2.45) is 0 Å². The van der Waals surface area contributed by atoms with Crippen molar-refractivity contribution < 1.29 is 12.8 Å². The number of halogens is 2. The number of hydrogen-bond acceptors (Lipinski definition) is 2. The fourth-order valence-corrected chi connectivity index (χ4v) is 3.99. The van der Waals surface area contributed by atoms with Gasteiger partial charge in [-0.15, -0.1) is 0 Å². The molecule has 0 saturated heterocycles. The molecule has 21 heavy (non-hydrogen) atoms. The lowest BCUT2D eigenvalue weighted by Crippen LogP contribution is -2.16. The number of benzene rings is 2. The number of hydrogen-bond donors (Lipinski definition) is 1. The fourth-order valence-electron chi connectivity index (χ4n) is 2.24. The van der Waals surface area contributed by atoms with Crippen LogP contribution >= 0.6 is 15.9 Å². The maximum Gasteiger partial charge on any atom is 0.262 e. The van der Waals surface area contributed by atoms with Gasteiger partial charge in [0.15, 0.2) is 0 Å². The molecule has 1 N–H and O–H groups in total. The summed E-state index contributed by atoms with van der Waals surface area (Å²) in [5.41, 5.74) is 2.16. The molecule has 0 aliphatic carbocycles. The largest absolute Gasteiger partial charge is 0.280 e. The van der Waals surface area contributed by atoms with Crippen molar-refractivity contribution in [2.75, 3.05) is 4.72 Å². The lowest BCUT2D eigenvalue weighted by Gasteiger charge is -2.13. The molecule has 0 heterocycles. The van der Waals surface area contributed by atoms with Crippen molar-refractivity contribution in [1.29, 1.82) is 0 Å². The summed E-state index contributed by atoms with van der Waals surface area (Å²) in [6.45, 7) is 5.03. The molecule has 3 nitrogen and oxygen atoms in total.